The van der Waals surface area contributed by atoms with Gasteiger partial charge in [-0.2, -0.15) is 0 Å². The Bertz CT molecular complexity index is 758. The van der Waals surface area contributed by atoms with E-state index in [1.165, 1.54) is 15.9 Å². The molecule has 0 saturated carbocycles. The van der Waals surface area contributed by atoms with Crippen LogP contribution in [0.1, 0.15) is 19.2 Å². The number of hydrogen-bond donors (Lipinski definition) is 0. The monoisotopic (exact) mass is 276 g/mol. The third-order valence-electron chi connectivity index (χ3n) is 2.80. The van der Waals surface area contributed by atoms with Crippen molar-refractivity contribution in [1.82, 2.24) is 29.8 Å². The van der Waals surface area contributed by atoms with Crippen LogP contribution < -0.4 is 5.56 Å². The van der Waals surface area contributed by atoms with Crippen LogP contribution in [0.5, 0.6) is 0 Å². The first-order chi connectivity index (χ1) is 9.29. The minimum atomic E-state index is -0.0581. The van der Waals surface area contributed by atoms with Gasteiger partial charge in [0, 0.05) is 6.54 Å². The lowest BCUT2D eigenvalue weighted by molar-refractivity contribution is 0.540. The molecule has 8 heteroatoms. The Morgan fingerprint density at radius 1 is 1.42 bits per heavy atom. The Kier molecular flexibility index (Phi) is 3.08. The van der Waals surface area contributed by atoms with Crippen LogP contribution in [-0.2, 0) is 13.1 Å². The lowest BCUT2D eigenvalue weighted by atomic mass is 10.4. The van der Waals surface area contributed by atoms with Crippen molar-refractivity contribution in [3.8, 4) is 0 Å². The van der Waals surface area contributed by atoms with Gasteiger partial charge in [-0.3, -0.25) is 9.36 Å². The molecule has 0 amide bonds. The number of aryl methyl sites for hydroxylation is 1. The highest BCUT2D eigenvalue weighted by molar-refractivity contribution is 7.16. The summed E-state index contributed by atoms with van der Waals surface area (Å²) in [5.41, 5.74) is -0.0581. The molecular weight excluding hydrogens is 264 g/mol. The Hall–Kier alpha value is -2.09. The van der Waals surface area contributed by atoms with Crippen molar-refractivity contribution in [1.29, 1.82) is 0 Å². The predicted octanol–water partition coefficient (Wildman–Crippen LogP) is 0.903. The smallest absolute Gasteiger partial charge is 0.262 e. The summed E-state index contributed by atoms with van der Waals surface area (Å²) in [6.07, 6.45) is 2.49. The molecule has 0 atom stereocenters. The highest BCUT2D eigenvalue weighted by atomic mass is 32.1. The number of thiophene rings is 1. The van der Waals surface area contributed by atoms with Crippen LogP contribution in [0.3, 0.4) is 0 Å². The molecule has 3 aromatic heterocycles. The molecule has 0 spiro atoms. The van der Waals surface area contributed by atoms with Gasteiger partial charge in [-0.25, -0.2) is 9.67 Å². The van der Waals surface area contributed by atoms with Gasteiger partial charge in [0.15, 0.2) is 5.82 Å². The van der Waals surface area contributed by atoms with Gasteiger partial charge in [0.05, 0.1) is 18.3 Å². The molecule has 0 aliphatic heterocycles. The molecule has 0 aliphatic rings. The summed E-state index contributed by atoms with van der Waals surface area (Å²) in [7, 11) is 0. The van der Waals surface area contributed by atoms with Crippen LogP contribution in [0.4, 0.5) is 0 Å². The second-order valence-corrected chi connectivity index (χ2v) is 5.03. The predicted molar refractivity (Wildman–Crippen MR) is 71.1 cm³/mol. The molecule has 0 aliphatic carbocycles. The first-order valence-electron chi connectivity index (χ1n) is 5.97. The fraction of sp³-hybridized carbons (Fsp3) is 0.364. The number of tetrazole rings is 1. The van der Waals surface area contributed by atoms with E-state index >= 15 is 0 Å². The molecule has 0 unspecified atom stereocenters. The first-order valence-corrected chi connectivity index (χ1v) is 6.85. The fourth-order valence-electron chi connectivity index (χ4n) is 1.88. The Balaban J connectivity index is 1.98. The van der Waals surface area contributed by atoms with Gasteiger partial charge in [-0.05, 0) is 28.3 Å². The molecule has 0 bridgehead atoms. The van der Waals surface area contributed by atoms with Crippen molar-refractivity contribution in [2.24, 2.45) is 0 Å². The van der Waals surface area contributed by atoms with Gasteiger partial charge in [-0.15, -0.1) is 16.4 Å². The van der Waals surface area contributed by atoms with E-state index in [1.807, 2.05) is 5.38 Å². The van der Waals surface area contributed by atoms with Crippen molar-refractivity contribution in [3.05, 3.63) is 34.0 Å². The zero-order valence-electron chi connectivity index (χ0n) is 10.4. The summed E-state index contributed by atoms with van der Waals surface area (Å²) in [5, 5.41) is 14.0. The lowest BCUT2D eigenvalue weighted by Gasteiger charge is -2.05. The summed E-state index contributed by atoms with van der Waals surface area (Å²) in [5.74, 6) is 0.667. The molecule has 19 heavy (non-hydrogen) atoms. The summed E-state index contributed by atoms with van der Waals surface area (Å²) >= 11 is 1.46. The first kappa shape index (κ1) is 12.0. The molecule has 0 saturated heterocycles. The number of fused-ring (bicyclic) bond motifs is 1. The van der Waals surface area contributed by atoms with Crippen LogP contribution in [0.25, 0.3) is 10.2 Å². The zero-order valence-corrected chi connectivity index (χ0v) is 11.2. The second kappa shape index (κ2) is 4.88. The topological polar surface area (TPSA) is 78.5 Å². The third-order valence-corrected chi connectivity index (χ3v) is 3.62. The van der Waals surface area contributed by atoms with E-state index in [9.17, 15) is 4.79 Å². The Labute approximate surface area is 112 Å². The summed E-state index contributed by atoms with van der Waals surface area (Å²) < 4.78 is 3.25. The number of hydrogen-bond acceptors (Lipinski definition) is 6. The van der Waals surface area contributed by atoms with Gasteiger partial charge in [0.2, 0.25) is 0 Å². The standard InChI is InChI=1S/C11H12N6OS/c1-2-4-17-9(13-14-15-17)6-16-7-12-10-8(11(16)18)3-5-19-10/h3,5,7H,2,4,6H2,1H3. The molecular formula is C11H12N6OS. The molecule has 3 rings (SSSR count). The highest BCUT2D eigenvalue weighted by Gasteiger charge is 2.10. The van der Waals surface area contributed by atoms with Crippen molar-refractivity contribution in [2.45, 2.75) is 26.4 Å². The van der Waals surface area contributed by atoms with E-state index in [2.05, 4.69) is 27.4 Å². The molecule has 7 nitrogen and oxygen atoms in total. The van der Waals surface area contributed by atoms with E-state index in [4.69, 9.17) is 0 Å². The molecule has 0 fully saturated rings. The van der Waals surface area contributed by atoms with E-state index in [0.29, 0.717) is 17.8 Å². The minimum absolute atomic E-state index is 0.0581. The molecule has 0 N–H and O–H groups in total. The molecule has 3 aromatic rings. The Morgan fingerprint density at radius 3 is 3.16 bits per heavy atom. The minimum Gasteiger partial charge on any atom is -0.291 e. The largest absolute Gasteiger partial charge is 0.291 e. The summed E-state index contributed by atoms with van der Waals surface area (Å²) in [4.78, 5) is 17.3. The quantitative estimate of drug-likeness (QED) is 0.707. The average Bonchev–Trinajstić information content (AvgIpc) is 3.03. The second-order valence-electron chi connectivity index (χ2n) is 4.14. The van der Waals surface area contributed by atoms with Crippen LogP contribution in [0.15, 0.2) is 22.6 Å². The number of nitrogens with zero attached hydrogens (tertiary/aromatic N) is 6. The molecule has 0 radical (unpaired) electrons. The van der Waals surface area contributed by atoms with Gasteiger partial charge >= 0.3 is 0 Å². The van der Waals surface area contributed by atoms with E-state index < -0.39 is 0 Å². The van der Waals surface area contributed by atoms with E-state index in [-0.39, 0.29) is 5.56 Å². The summed E-state index contributed by atoms with van der Waals surface area (Å²) in [6.45, 7) is 3.13. The molecule has 3 heterocycles. The van der Waals surface area contributed by atoms with E-state index in [0.717, 1.165) is 17.8 Å². The maximum absolute atomic E-state index is 12.2. The SMILES string of the molecule is CCCn1nnnc1Cn1cnc2sccc2c1=O. The van der Waals surface area contributed by atoms with Crippen LogP contribution >= 0.6 is 11.3 Å². The third kappa shape index (κ3) is 2.14. The molecule has 98 valence electrons. The van der Waals surface area contributed by atoms with Crippen molar-refractivity contribution >= 4 is 21.6 Å². The fourth-order valence-corrected chi connectivity index (χ4v) is 2.60. The van der Waals surface area contributed by atoms with Crippen LogP contribution in [-0.4, -0.2) is 29.8 Å². The van der Waals surface area contributed by atoms with Crippen molar-refractivity contribution < 1.29 is 0 Å². The van der Waals surface area contributed by atoms with Crippen molar-refractivity contribution in [3.63, 3.8) is 0 Å². The van der Waals surface area contributed by atoms with E-state index in [1.54, 1.807) is 17.1 Å². The maximum Gasteiger partial charge on any atom is 0.262 e. The molecule has 0 aromatic carbocycles. The van der Waals surface area contributed by atoms with Crippen LogP contribution in [0, 0.1) is 0 Å². The number of aromatic nitrogens is 6. The summed E-state index contributed by atoms with van der Waals surface area (Å²) in [6, 6.07) is 1.79. The van der Waals surface area contributed by atoms with Crippen molar-refractivity contribution in [2.75, 3.05) is 0 Å². The normalized spacial score (nSPS) is 11.2. The van der Waals surface area contributed by atoms with Gasteiger partial charge < -0.3 is 0 Å². The average molecular weight is 276 g/mol. The zero-order chi connectivity index (χ0) is 13.2. The van der Waals surface area contributed by atoms with Gasteiger partial charge in [0.25, 0.3) is 5.56 Å². The highest BCUT2D eigenvalue weighted by Crippen LogP contribution is 2.13. The Morgan fingerprint density at radius 2 is 2.32 bits per heavy atom. The number of rotatable bonds is 4. The lowest BCUT2D eigenvalue weighted by Crippen LogP contribution is -2.22. The maximum atomic E-state index is 12.2. The van der Waals surface area contributed by atoms with Gasteiger partial charge in [-0.1, -0.05) is 6.92 Å². The van der Waals surface area contributed by atoms with Crippen LogP contribution in [0.2, 0.25) is 0 Å². The van der Waals surface area contributed by atoms with Gasteiger partial charge in [0.1, 0.15) is 4.83 Å².